The molecule has 11 heteroatoms. The van der Waals surface area contributed by atoms with Gasteiger partial charge in [0.15, 0.2) is 0 Å². The summed E-state index contributed by atoms with van der Waals surface area (Å²) in [5.74, 6) is -2.73. The Bertz CT molecular complexity index is 1320. The molecule has 1 saturated heterocycles. The third-order valence-corrected chi connectivity index (χ3v) is 9.52. The summed E-state index contributed by atoms with van der Waals surface area (Å²) in [5.41, 5.74) is -0.468. The summed E-state index contributed by atoms with van der Waals surface area (Å²) in [5, 5.41) is 19.7. The molecule has 4 rings (SSSR count). The molecule has 11 nitrogen and oxygen atoms in total. The summed E-state index contributed by atoms with van der Waals surface area (Å²) in [4.78, 5) is 59.7. The number of nitro groups is 1. The van der Waals surface area contributed by atoms with Gasteiger partial charge in [-0.1, -0.05) is 45.6 Å². The Balaban J connectivity index is 1.40. The fourth-order valence-electron chi connectivity index (χ4n) is 7.36. The summed E-state index contributed by atoms with van der Waals surface area (Å²) in [6.07, 6.45) is 11.5. The van der Waals surface area contributed by atoms with Crippen LogP contribution in [0.5, 0.6) is 0 Å². The van der Waals surface area contributed by atoms with Gasteiger partial charge in [0.05, 0.1) is 23.7 Å². The van der Waals surface area contributed by atoms with E-state index in [4.69, 9.17) is 19.3 Å². The minimum Gasteiger partial charge on any atom is -0.478 e. The molecule has 0 radical (unpaired) electrons. The molecule has 2 fully saturated rings. The van der Waals surface area contributed by atoms with Gasteiger partial charge in [-0.05, 0) is 55.7 Å². The number of nitrogens with zero attached hydrogens (tertiary/aromatic N) is 1. The number of carboxylic acid groups (broad SMARTS) is 1. The molecular weight excluding hydrogens is 570 g/mol. The third kappa shape index (κ3) is 7.54. The van der Waals surface area contributed by atoms with Gasteiger partial charge < -0.3 is 19.3 Å². The highest BCUT2D eigenvalue weighted by molar-refractivity contribution is 5.92. The Labute approximate surface area is 256 Å². The molecule has 5 atom stereocenters. The second-order valence-corrected chi connectivity index (χ2v) is 12.6. The van der Waals surface area contributed by atoms with E-state index >= 15 is 0 Å². The number of allylic oxidation sites excluding steroid dienone is 1. The first kappa shape index (κ1) is 32.9. The second kappa shape index (κ2) is 14.2. The summed E-state index contributed by atoms with van der Waals surface area (Å²) in [6, 6.07) is 5.18. The van der Waals surface area contributed by atoms with Gasteiger partial charge in [-0.25, -0.2) is 14.4 Å². The van der Waals surface area contributed by atoms with Crippen molar-refractivity contribution in [2.24, 2.45) is 22.7 Å². The summed E-state index contributed by atoms with van der Waals surface area (Å²) in [6.45, 7) is 4.55. The molecule has 1 aromatic rings. The maximum atomic E-state index is 13.2. The summed E-state index contributed by atoms with van der Waals surface area (Å²) < 4.78 is 17.3. The Hall–Kier alpha value is -4.02. The van der Waals surface area contributed by atoms with Crippen LogP contribution in [0.4, 0.5) is 5.69 Å². The van der Waals surface area contributed by atoms with Gasteiger partial charge in [0.2, 0.25) is 0 Å². The minimum atomic E-state index is -0.943. The van der Waals surface area contributed by atoms with Crippen LogP contribution in [0.25, 0.3) is 0 Å². The van der Waals surface area contributed by atoms with E-state index in [0.717, 1.165) is 57.4 Å². The quantitative estimate of drug-likeness (QED) is 0.0664. The van der Waals surface area contributed by atoms with Crippen LogP contribution in [0.1, 0.15) is 88.4 Å². The molecule has 1 heterocycles. The van der Waals surface area contributed by atoms with Crippen molar-refractivity contribution in [2.75, 3.05) is 13.2 Å². The molecule has 0 unspecified atom stereocenters. The number of aliphatic carboxylic acids is 1. The lowest BCUT2D eigenvalue weighted by molar-refractivity contribution is -0.384. The largest absolute Gasteiger partial charge is 0.478 e. The van der Waals surface area contributed by atoms with Crippen molar-refractivity contribution in [3.63, 3.8) is 0 Å². The molecule has 0 bridgehead atoms. The zero-order valence-electron chi connectivity index (χ0n) is 25.3. The van der Waals surface area contributed by atoms with Gasteiger partial charge in [-0.3, -0.25) is 14.9 Å². The lowest BCUT2D eigenvalue weighted by Gasteiger charge is -2.57. The van der Waals surface area contributed by atoms with Crippen LogP contribution in [-0.4, -0.2) is 53.2 Å². The normalized spacial score (nSPS) is 27.5. The Kier molecular flexibility index (Phi) is 10.6. The third-order valence-electron chi connectivity index (χ3n) is 9.52. The van der Waals surface area contributed by atoms with Crippen LogP contribution >= 0.6 is 0 Å². The van der Waals surface area contributed by atoms with E-state index in [-0.39, 0.29) is 42.3 Å². The molecular formula is C33H41NO10. The Morgan fingerprint density at radius 3 is 2.50 bits per heavy atom. The van der Waals surface area contributed by atoms with Gasteiger partial charge in [-0.15, -0.1) is 0 Å². The highest BCUT2D eigenvalue weighted by Crippen LogP contribution is 2.61. The van der Waals surface area contributed by atoms with Gasteiger partial charge in [0.25, 0.3) is 5.69 Å². The van der Waals surface area contributed by atoms with E-state index in [2.05, 4.69) is 6.92 Å². The van der Waals surface area contributed by atoms with Gasteiger partial charge in [0, 0.05) is 47.5 Å². The lowest BCUT2D eigenvalue weighted by atomic mass is 9.48. The number of carbonyl (C=O) groups excluding carboxylic acids is 3. The summed E-state index contributed by atoms with van der Waals surface area (Å²) >= 11 is 0. The fourth-order valence-corrected chi connectivity index (χ4v) is 7.36. The van der Waals surface area contributed by atoms with Gasteiger partial charge in [-0.2, -0.15) is 0 Å². The van der Waals surface area contributed by atoms with Crippen LogP contribution in [0.15, 0.2) is 48.1 Å². The standard InChI is InChI=1S/C33H41NO10/c1-32(21-43-28(37)12-9-7-5-3-4-6-8-11-27(35)36)17-10-18-33(2)25-20-42-31(39)24(25)19-26(29(32)33)44-30(38)22-13-15-23(16-14-22)34(40)41/h8,11,13-16,19,25-26,29H,3-7,9-10,12,17-18,20-21H2,1-2H3,(H,35,36)/b11-8+/t25-,26+,29-,32+,33+/m0/s1. The van der Waals surface area contributed by atoms with Gasteiger partial charge in [0.1, 0.15) is 6.10 Å². The van der Waals surface area contributed by atoms with Crippen LogP contribution in [0.3, 0.4) is 0 Å². The van der Waals surface area contributed by atoms with E-state index in [0.29, 0.717) is 18.4 Å². The number of esters is 3. The number of non-ortho nitro benzene ring substituents is 1. The van der Waals surface area contributed by atoms with E-state index < -0.39 is 39.8 Å². The summed E-state index contributed by atoms with van der Waals surface area (Å²) in [7, 11) is 0. The number of cyclic esters (lactones) is 1. The number of carbonyl (C=O) groups is 4. The first-order valence-corrected chi connectivity index (χ1v) is 15.3. The number of nitro benzene ring substituents is 1. The smallest absolute Gasteiger partial charge is 0.338 e. The van der Waals surface area contributed by atoms with E-state index in [1.807, 2.05) is 6.92 Å². The zero-order chi connectivity index (χ0) is 31.9. The number of ether oxygens (including phenoxy) is 3. The maximum Gasteiger partial charge on any atom is 0.338 e. The van der Waals surface area contributed by atoms with E-state index in [9.17, 15) is 29.3 Å². The number of rotatable bonds is 14. The molecule has 0 aromatic heterocycles. The topological polar surface area (TPSA) is 159 Å². The average molecular weight is 612 g/mol. The van der Waals surface area contributed by atoms with Crippen molar-refractivity contribution in [3.8, 4) is 0 Å². The molecule has 1 aliphatic heterocycles. The molecule has 44 heavy (non-hydrogen) atoms. The Morgan fingerprint density at radius 2 is 1.80 bits per heavy atom. The number of carboxylic acids is 1. The average Bonchev–Trinajstić information content (AvgIpc) is 3.36. The van der Waals surface area contributed by atoms with Crippen molar-refractivity contribution in [3.05, 3.63) is 63.7 Å². The second-order valence-electron chi connectivity index (χ2n) is 12.6. The highest BCUT2D eigenvalue weighted by atomic mass is 16.6. The number of hydrogen-bond donors (Lipinski definition) is 1. The van der Waals surface area contributed by atoms with Crippen molar-refractivity contribution >= 4 is 29.6 Å². The zero-order valence-corrected chi connectivity index (χ0v) is 25.3. The molecule has 1 aromatic carbocycles. The first-order chi connectivity index (χ1) is 20.9. The highest BCUT2D eigenvalue weighted by Gasteiger charge is 2.61. The van der Waals surface area contributed by atoms with Crippen LogP contribution in [0.2, 0.25) is 0 Å². The van der Waals surface area contributed by atoms with Gasteiger partial charge >= 0.3 is 23.9 Å². The monoisotopic (exact) mass is 611 g/mol. The van der Waals surface area contributed by atoms with E-state index in [1.54, 1.807) is 12.2 Å². The predicted molar refractivity (Wildman–Crippen MR) is 158 cm³/mol. The number of fused-ring (bicyclic) bond motifs is 3. The van der Waals surface area contributed by atoms with E-state index in [1.165, 1.54) is 24.3 Å². The molecule has 1 saturated carbocycles. The van der Waals surface area contributed by atoms with Crippen molar-refractivity contribution in [1.29, 1.82) is 0 Å². The SMILES string of the molecule is C[C@]1(COC(=O)CCCCCCC/C=C/C(=O)O)CCC[C@]2(C)[C@H]3COC(=O)C3=C[C@@H](OC(=O)c3ccc([N+](=O)[O-])cc3)[C@@H]12. The Morgan fingerprint density at radius 1 is 1.09 bits per heavy atom. The fraction of sp³-hybridized carbons (Fsp3) is 0.576. The van der Waals surface area contributed by atoms with Crippen molar-refractivity contribution < 1.29 is 43.4 Å². The predicted octanol–water partition coefficient (Wildman–Crippen LogP) is 5.96. The molecule has 0 amide bonds. The van der Waals surface area contributed by atoms with Crippen LogP contribution in [-0.2, 0) is 28.6 Å². The number of hydrogen-bond acceptors (Lipinski definition) is 9. The number of unbranched alkanes of at least 4 members (excludes halogenated alkanes) is 5. The van der Waals surface area contributed by atoms with Crippen molar-refractivity contribution in [1.82, 2.24) is 0 Å². The van der Waals surface area contributed by atoms with Crippen LogP contribution in [0, 0.1) is 32.8 Å². The lowest BCUT2D eigenvalue weighted by Crippen LogP contribution is -2.57. The van der Waals surface area contributed by atoms with Crippen molar-refractivity contribution in [2.45, 2.75) is 84.2 Å². The number of benzene rings is 1. The minimum absolute atomic E-state index is 0.141. The maximum absolute atomic E-state index is 13.2. The molecule has 2 aliphatic carbocycles. The first-order valence-electron chi connectivity index (χ1n) is 15.3. The molecule has 3 aliphatic rings. The molecule has 0 spiro atoms. The molecule has 238 valence electrons. The van der Waals surface area contributed by atoms with Crippen LogP contribution < -0.4 is 0 Å². The molecule has 1 N–H and O–H groups in total.